The molecule has 0 unspecified atom stereocenters. The van der Waals surface area contributed by atoms with Gasteiger partial charge in [0.15, 0.2) is 0 Å². The third kappa shape index (κ3) is 3.33. The fourth-order valence-corrected chi connectivity index (χ4v) is 4.08. The Hall–Kier alpha value is 0.140. The molecule has 0 aliphatic carbocycles. The summed E-state index contributed by atoms with van der Waals surface area (Å²) >= 11 is 11.8. The van der Waals surface area contributed by atoms with Crippen molar-refractivity contribution in [2.24, 2.45) is 0 Å². The van der Waals surface area contributed by atoms with E-state index >= 15 is 0 Å². The highest BCUT2D eigenvalue weighted by molar-refractivity contribution is 9.08. The summed E-state index contributed by atoms with van der Waals surface area (Å²) in [6.45, 7) is 6.80. The topological polar surface area (TPSA) is 3.24 Å². The van der Waals surface area contributed by atoms with Gasteiger partial charge in [-0.3, -0.25) is 0 Å². The summed E-state index contributed by atoms with van der Waals surface area (Å²) in [4.78, 5) is 2.43. The van der Waals surface area contributed by atoms with Crippen LogP contribution in [0.15, 0.2) is 18.2 Å². The standard InChI is InChI=1S/C13H17BrClNS/c1-13(2)9-16(5-6-17-13)11-4-3-10(8-14)12(15)7-11/h3-4,7H,5-6,8-9H2,1-2H3. The van der Waals surface area contributed by atoms with Crippen molar-refractivity contribution in [3.63, 3.8) is 0 Å². The van der Waals surface area contributed by atoms with Gasteiger partial charge >= 0.3 is 0 Å². The number of hydrogen-bond donors (Lipinski definition) is 0. The van der Waals surface area contributed by atoms with Gasteiger partial charge in [0.05, 0.1) is 0 Å². The highest BCUT2D eigenvalue weighted by Gasteiger charge is 2.27. The summed E-state index contributed by atoms with van der Waals surface area (Å²) < 4.78 is 0.332. The molecule has 0 bridgehead atoms. The molecule has 0 spiro atoms. The summed E-state index contributed by atoms with van der Waals surface area (Å²) in [5, 5.41) is 1.67. The lowest BCUT2D eigenvalue weighted by Crippen LogP contribution is -2.43. The van der Waals surface area contributed by atoms with E-state index in [9.17, 15) is 0 Å². The van der Waals surface area contributed by atoms with E-state index in [4.69, 9.17) is 11.6 Å². The SMILES string of the molecule is CC1(C)CN(c2ccc(CBr)c(Cl)c2)CCS1. The summed E-state index contributed by atoms with van der Waals surface area (Å²) in [5.41, 5.74) is 2.40. The second kappa shape index (κ2) is 5.41. The van der Waals surface area contributed by atoms with Gasteiger partial charge in [-0.15, -0.1) is 0 Å². The van der Waals surface area contributed by atoms with E-state index in [-0.39, 0.29) is 0 Å². The Labute approximate surface area is 121 Å². The Morgan fingerprint density at radius 2 is 2.24 bits per heavy atom. The average Bonchev–Trinajstić information content (AvgIpc) is 2.27. The molecule has 2 rings (SSSR count). The quantitative estimate of drug-likeness (QED) is 0.729. The summed E-state index contributed by atoms with van der Waals surface area (Å²) in [7, 11) is 0. The molecular formula is C13H17BrClNS. The Morgan fingerprint density at radius 3 is 2.82 bits per heavy atom. The molecule has 1 heterocycles. The molecule has 1 nitrogen and oxygen atoms in total. The molecule has 1 fully saturated rings. The molecule has 94 valence electrons. The van der Waals surface area contributed by atoms with Gasteiger partial charge in [0.1, 0.15) is 0 Å². The Morgan fingerprint density at radius 1 is 1.47 bits per heavy atom. The van der Waals surface area contributed by atoms with Crippen molar-refractivity contribution in [1.82, 2.24) is 0 Å². The van der Waals surface area contributed by atoms with Crippen LogP contribution in [0.2, 0.25) is 5.02 Å². The van der Waals surface area contributed by atoms with Crippen molar-refractivity contribution in [3.05, 3.63) is 28.8 Å². The van der Waals surface area contributed by atoms with Crippen molar-refractivity contribution in [3.8, 4) is 0 Å². The van der Waals surface area contributed by atoms with Crippen LogP contribution in [0.1, 0.15) is 19.4 Å². The van der Waals surface area contributed by atoms with Gasteiger partial charge < -0.3 is 4.90 Å². The minimum atomic E-state index is 0.332. The largest absolute Gasteiger partial charge is 0.369 e. The normalized spacial score (nSPS) is 19.4. The first-order chi connectivity index (χ1) is 8.02. The van der Waals surface area contributed by atoms with Crippen molar-refractivity contribution in [1.29, 1.82) is 0 Å². The van der Waals surface area contributed by atoms with Crippen LogP contribution in [0.3, 0.4) is 0 Å². The second-order valence-corrected chi connectivity index (χ2v) is 7.71. The van der Waals surface area contributed by atoms with E-state index in [1.165, 1.54) is 11.4 Å². The molecule has 1 saturated heterocycles. The Bertz CT molecular complexity index is 408. The number of nitrogens with zero attached hydrogens (tertiary/aromatic N) is 1. The van der Waals surface area contributed by atoms with Gasteiger partial charge in [-0.2, -0.15) is 11.8 Å². The third-order valence-electron chi connectivity index (χ3n) is 2.97. The molecule has 1 aliphatic rings. The number of rotatable bonds is 2. The molecule has 0 N–H and O–H groups in total. The number of alkyl halides is 1. The molecule has 4 heteroatoms. The maximum absolute atomic E-state index is 6.26. The van der Waals surface area contributed by atoms with E-state index in [1.807, 2.05) is 11.8 Å². The summed E-state index contributed by atoms with van der Waals surface area (Å²) in [6.07, 6.45) is 0. The Balaban J connectivity index is 2.19. The molecule has 1 aromatic carbocycles. The minimum Gasteiger partial charge on any atom is -0.369 e. The van der Waals surface area contributed by atoms with Crippen LogP contribution >= 0.6 is 39.3 Å². The van der Waals surface area contributed by atoms with Crippen LogP contribution in [0.4, 0.5) is 5.69 Å². The summed E-state index contributed by atoms with van der Waals surface area (Å²) in [5.74, 6) is 1.19. The molecule has 0 saturated carbocycles. The number of thioether (sulfide) groups is 1. The molecule has 0 amide bonds. The van der Waals surface area contributed by atoms with Crippen LogP contribution < -0.4 is 4.90 Å². The first kappa shape index (κ1) is 13.6. The first-order valence-electron chi connectivity index (χ1n) is 5.75. The van der Waals surface area contributed by atoms with Crippen molar-refractivity contribution < 1.29 is 0 Å². The van der Waals surface area contributed by atoms with Crippen LogP contribution in [0.5, 0.6) is 0 Å². The molecule has 1 aromatic rings. The molecular weight excluding hydrogens is 318 g/mol. The zero-order valence-electron chi connectivity index (χ0n) is 10.2. The van der Waals surface area contributed by atoms with Gasteiger partial charge in [-0.25, -0.2) is 0 Å². The average molecular weight is 335 g/mol. The second-order valence-electron chi connectivity index (χ2n) is 4.94. The highest BCUT2D eigenvalue weighted by atomic mass is 79.9. The third-order valence-corrected chi connectivity index (χ3v) is 5.22. The predicted octanol–water partition coefficient (Wildman–Crippen LogP) is 4.57. The van der Waals surface area contributed by atoms with Gasteiger partial charge in [-0.1, -0.05) is 33.6 Å². The van der Waals surface area contributed by atoms with Gasteiger partial charge in [-0.05, 0) is 31.5 Å². The molecule has 0 radical (unpaired) electrons. The molecule has 0 aromatic heterocycles. The fraction of sp³-hybridized carbons (Fsp3) is 0.538. The molecule has 0 atom stereocenters. The molecule has 1 aliphatic heterocycles. The lowest BCUT2D eigenvalue weighted by Gasteiger charge is -2.39. The first-order valence-corrected chi connectivity index (χ1v) is 8.24. The maximum atomic E-state index is 6.26. The zero-order valence-corrected chi connectivity index (χ0v) is 13.3. The number of halogens is 2. The van der Waals surface area contributed by atoms with E-state index in [2.05, 4.69) is 52.9 Å². The van der Waals surface area contributed by atoms with E-state index < -0.39 is 0 Å². The lowest BCUT2D eigenvalue weighted by atomic mass is 10.1. The summed E-state index contributed by atoms with van der Waals surface area (Å²) in [6, 6.07) is 6.37. The van der Waals surface area contributed by atoms with Gasteiger partial charge in [0, 0.05) is 39.6 Å². The maximum Gasteiger partial charge on any atom is 0.0467 e. The van der Waals surface area contributed by atoms with E-state index in [0.29, 0.717) is 4.75 Å². The number of anilines is 1. The monoisotopic (exact) mass is 333 g/mol. The number of benzene rings is 1. The van der Waals surface area contributed by atoms with E-state index in [0.717, 1.165) is 29.0 Å². The Kier molecular flexibility index (Phi) is 4.32. The lowest BCUT2D eigenvalue weighted by molar-refractivity contribution is 0.648. The van der Waals surface area contributed by atoms with Gasteiger partial charge in [0.2, 0.25) is 0 Å². The predicted molar refractivity (Wildman–Crippen MR) is 82.8 cm³/mol. The minimum absolute atomic E-state index is 0.332. The fourth-order valence-electron chi connectivity index (χ4n) is 2.08. The van der Waals surface area contributed by atoms with Crippen molar-refractivity contribution in [2.75, 3.05) is 23.7 Å². The number of hydrogen-bond acceptors (Lipinski definition) is 2. The van der Waals surface area contributed by atoms with Crippen molar-refractivity contribution >= 4 is 45.0 Å². The van der Waals surface area contributed by atoms with E-state index in [1.54, 1.807) is 0 Å². The van der Waals surface area contributed by atoms with Crippen LogP contribution in [0.25, 0.3) is 0 Å². The smallest absolute Gasteiger partial charge is 0.0467 e. The highest BCUT2D eigenvalue weighted by Crippen LogP contribution is 2.33. The molecule has 17 heavy (non-hydrogen) atoms. The van der Waals surface area contributed by atoms with Crippen LogP contribution in [0, 0.1) is 0 Å². The van der Waals surface area contributed by atoms with Crippen molar-refractivity contribution in [2.45, 2.75) is 23.9 Å². The van der Waals surface area contributed by atoms with Crippen LogP contribution in [-0.2, 0) is 5.33 Å². The zero-order chi connectivity index (χ0) is 12.5. The van der Waals surface area contributed by atoms with Gasteiger partial charge in [0.25, 0.3) is 0 Å². The van der Waals surface area contributed by atoms with Crippen LogP contribution in [-0.4, -0.2) is 23.6 Å².